The zero-order chi connectivity index (χ0) is 9.42. The number of nitrogens with two attached hydrogens (primary N) is 1. The Hall–Kier alpha value is -0.900. The smallest absolute Gasteiger partial charge is 0.137 e. The van der Waals surface area contributed by atoms with E-state index in [0.717, 1.165) is 5.82 Å². The first-order valence-corrected chi connectivity index (χ1v) is 4.85. The van der Waals surface area contributed by atoms with Crippen LogP contribution in [-0.2, 0) is 0 Å². The van der Waals surface area contributed by atoms with Gasteiger partial charge in [0.2, 0.25) is 0 Å². The Labute approximate surface area is 78.1 Å². The Morgan fingerprint density at radius 3 is 2.77 bits per heavy atom. The second kappa shape index (κ2) is 3.10. The quantitative estimate of drug-likeness (QED) is 0.756. The van der Waals surface area contributed by atoms with Crippen LogP contribution in [0.25, 0.3) is 0 Å². The van der Waals surface area contributed by atoms with Crippen LogP contribution in [0.5, 0.6) is 0 Å². The minimum absolute atomic E-state index is 0.140. The Morgan fingerprint density at radius 1 is 1.54 bits per heavy atom. The van der Waals surface area contributed by atoms with E-state index in [1.54, 1.807) is 0 Å². The van der Waals surface area contributed by atoms with Gasteiger partial charge in [0.15, 0.2) is 0 Å². The van der Waals surface area contributed by atoms with Crippen LogP contribution in [0.15, 0.2) is 6.33 Å². The van der Waals surface area contributed by atoms with Gasteiger partial charge in [-0.3, -0.25) is 0 Å². The van der Waals surface area contributed by atoms with Gasteiger partial charge in [-0.25, -0.2) is 0 Å². The summed E-state index contributed by atoms with van der Waals surface area (Å²) in [6, 6.07) is 0.785. The SMILES string of the molecule is CC(N)C(C)c1nncn1C1CC1. The van der Waals surface area contributed by atoms with Crippen LogP contribution >= 0.6 is 0 Å². The Bertz CT molecular complexity index is 288. The number of hydrogen-bond acceptors (Lipinski definition) is 3. The van der Waals surface area contributed by atoms with Crippen molar-refractivity contribution in [1.82, 2.24) is 14.8 Å². The lowest BCUT2D eigenvalue weighted by Crippen LogP contribution is -2.25. The highest BCUT2D eigenvalue weighted by Gasteiger charge is 2.28. The molecular weight excluding hydrogens is 164 g/mol. The fraction of sp³-hybridized carbons (Fsp3) is 0.778. The molecule has 0 aliphatic heterocycles. The van der Waals surface area contributed by atoms with E-state index in [1.165, 1.54) is 12.8 Å². The molecule has 2 rings (SSSR count). The van der Waals surface area contributed by atoms with Crippen LogP contribution in [0.1, 0.15) is 44.5 Å². The summed E-state index contributed by atoms with van der Waals surface area (Å²) in [5.74, 6) is 1.33. The first-order chi connectivity index (χ1) is 6.20. The van der Waals surface area contributed by atoms with Crippen molar-refractivity contribution in [1.29, 1.82) is 0 Å². The molecule has 0 radical (unpaired) electrons. The zero-order valence-corrected chi connectivity index (χ0v) is 8.14. The van der Waals surface area contributed by atoms with E-state index in [2.05, 4.69) is 21.7 Å². The summed E-state index contributed by atoms with van der Waals surface area (Å²) in [4.78, 5) is 0. The first kappa shape index (κ1) is 8.69. The zero-order valence-electron chi connectivity index (χ0n) is 8.14. The first-order valence-electron chi connectivity index (χ1n) is 4.85. The highest BCUT2D eigenvalue weighted by atomic mass is 15.3. The van der Waals surface area contributed by atoms with Crippen molar-refractivity contribution in [3.63, 3.8) is 0 Å². The Balaban J connectivity index is 2.22. The fourth-order valence-corrected chi connectivity index (χ4v) is 1.45. The van der Waals surface area contributed by atoms with E-state index in [0.29, 0.717) is 12.0 Å². The molecule has 0 amide bonds. The standard InChI is InChI=1S/C9H16N4/c1-6(7(2)10)9-12-11-5-13(9)8-3-4-8/h5-8H,3-4,10H2,1-2H3. The summed E-state index contributed by atoms with van der Waals surface area (Å²) in [6.45, 7) is 4.12. The Morgan fingerprint density at radius 2 is 2.23 bits per heavy atom. The predicted octanol–water partition coefficient (Wildman–Crippen LogP) is 1.06. The summed E-state index contributed by atoms with van der Waals surface area (Å²) in [6.07, 6.45) is 4.35. The van der Waals surface area contributed by atoms with Crippen molar-refractivity contribution in [3.05, 3.63) is 12.2 Å². The molecule has 1 aromatic rings. The van der Waals surface area contributed by atoms with E-state index in [9.17, 15) is 0 Å². The summed E-state index contributed by atoms with van der Waals surface area (Å²) in [5, 5.41) is 8.08. The lowest BCUT2D eigenvalue weighted by atomic mass is 10.0. The lowest BCUT2D eigenvalue weighted by Gasteiger charge is -2.15. The number of nitrogens with zero attached hydrogens (tertiary/aromatic N) is 3. The van der Waals surface area contributed by atoms with Gasteiger partial charge in [-0.1, -0.05) is 6.92 Å². The second-order valence-corrected chi connectivity index (χ2v) is 3.98. The second-order valence-electron chi connectivity index (χ2n) is 3.98. The maximum atomic E-state index is 5.84. The van der Waals surface area contributed by atoms with Crippen molar-refractivity contribution in [2.24, 2.45) is 5.73 Å². The molecule has 1 aliphatic rings. The number of hydrogen-bond donors (Lipinski definition) is 1. The fourth-order valence-electron chi connectivity index (χ4n) is 1.45. The molecule has 1 heterocycles. The number of aromatic nitrogens is 3. The van der Waals surface area contributed by atoms with Crippen LogP contribution in [0.4, 0.5) is 0 Å². The van der Waals surface area contributed by atoms with Crippen molar-refractivity contribution in [2.75, 3.05) is 0 Å². The summed E-state index contributed by atoms with van der Waals surface area (Å²) >= 11 is 0. The van der Waals surface area contributed by atoms with Gasteiger partial charge in [0.05, 0.1) is 0 Å². The monoisotopic (exact) mass is 180 g/mol. The van der Waals surface area contributed by atoms with Gasteiger partial charge in [0.25, 0.3) is 0 Å². The predicted molar refractivity (Wildman–Crippen MR) is 50.4 cm³/mol. The van der Waals surface area contributed by atoms with Crippen LogP contribution in [0, 0.1) is 0 Å². The summed E-state index contributed by atoms with van der Waals surface area (Å²) in [7, 11) is 0. The highest BCUT2D eigenvalue weighted by Crippen LogP contribution is 2.36. The largest absolute Gasteiger partial charge is 0.327 e. The summed E-state index contributed by atoms with van der Waals surface area (Å²) in [5.41, 5.74) is 5.84. The molecule has 0 bridgehead atoms. The van der Waals surface area contributed by atoms with Crippen LogP contribution in [0.3, 0.4) is 0 Å². The molecular formula is C9H16N4. The molecule has 13 heavy (non-hydrogen) atoms. The molecule has 2 N–H and O–H groups in total. The van der Waals surface area contributed by atoms with Crippen molar-refractivity contribution in [2.45, 2.75) is 44.7 Å². The molecule has 2 unspecified atom stereocenters. The molecule has 1 aromatic heterocycles. The Kier molecular flexibility index (Phi) is 2.07. The van der Waals surface area contributed by atoms with Crippen LogP contribution in [0.2, 0.25) is 0 Å². The van der Waals surface area contributed by atoms with Crippen LogP contribution < -0.4 is 5.73 Å². The third-order valence-electron chi connectivity index (χ3n) is 2.74. The van der Waals surface area contributed by atoms with Crippen molar-refractivity contribution >= 4 is 0 Å². The van der Waals surface area contributed by atoms with Crippen molar-refractivity contribution in [3.8, 4) is 0 Å². The van der Waals surface area contributed by atoms with Gasteiger partial charge in [-0.2, -0.15) is 0 Å². The normalized spacial score (nSPS) is 21.5. The average Bonchev–Trinajstić information content (AvgIpc) is 2.83. The molecule has 4 heteroatoms. The van der Waals surface area contributed by atoms with Gasteiger partial charge < -0.3 is 10.3 Å². The molecule has 0 spiro atoms. The number of rotatable bonds is 3. The third kappa shape index (κ3) is 1.58. The highest BCUT2D eigenvalue weighted by molar-refractivity contribution is 5.02. The van der Waals surface area contributed by atoms with E-state index in [-0.39, 0.29) is 6.04 Å². The van der Waals surface area contributed by atoms with E-state index >= 15 is 0 Å². The van der Waals surface area contributed by atoms with Gasteiger partial charge >= 0.3 is 0 Å². The molecule has 1 fully saturated rings. The van der Waals surface area contributed by atoms with E-state index < -0.39 is 0 Å². The van der Waals surface area contributed by atoms with E-state index in [1.807, 2.05) is 13.3 Å². The van der Waals surface area contributed by atoms with Gasteiger partial charge in [-0.15, -0.1) is 10.2 Å². The molecule has 72 valence electrons. The minimum atomic E-state index is 0.140. The minimum Gasteiger partial charge on any atom is -0.327 e. The molecule has 0 saturated heterocycles. The van der Waals surface area contributed by atoms with Crippen LogP contribution in [-0.4, -0.2) is 20.8 Å². The topological polar surface area (TPSA) is 56.7 Å². The molecule has 2 atom stereocenters. The van der Waals surface area contributed by atoms with Gasteiger partial charge in [0, 0.05) is 18.0 Å². The van der Waals surface area contributed by atoms with Crippen molar-refractivity contribution < 1.29 is 0 Å². The average molecular weight is 180 g/mol. The van der Waals surface area contributed by atoms with E-state index in [4.69, 9.17) is 5.73 Å². The third-order valence-corrected chi connectivity index (χ3v) is 2.74. The molecule has 4 nitrogen and oxygen atoms in total. The molecule has 1 aliphatic carbocycles. The summed E-state index contributed by atoms with van der Waals surface area (Å²) < 4.78 is 2.17. The maximum absolute atomic E-state index is 5.84. The molecule has 0 aromatic carbocycles. The van der Waals surface area contributed by atoms with Gasteiger partial charge in [0.1, 0.15) is 12.2 Å². The lowest BCUT2D eigenvalue weighted by molar-refractivity contribution is 0.540. The maximum Gasteiger partial charge on any atom is 0.137 e. The van der Waals surface area contributed by atoms with Gasteiger partial charge in [-0.05, 0) is 19.8 Å². The molecule has 1 saturated carbocycles.